The molecule has 0 radical (unpaired) electrons. The standard InChI is InChI=1S/C15H16FNO3S/c1-10-4-3-5-11(2)13(10)9-20-14-7-6-12(16)8-15(14)21(17,18)19/h3-8H,9H2,1-2H3,(H2,17,18,19). The first-order valence-corrected chi connectivity index (χ1v) is 7.84. The van der Waals surface area contributed by atoms with Gasteiger partial charge in [-0.05, 0) is 48.7 Å². The average Bonchev–Trinajstić information content (AvgIpc) is 2.38. The smallest absolute Gasteiger partial charge is 0.241 e. The number of ether oxygens (including phenoxy) is 1. The van der Waals surface area contributed by atoms with Crippen molar-refractivity contribution in [1.82, 2.24) is 0 Å². The van der Waals surface area contributed by atoms with E-state index in [2.05, 4.69) is 0 Å². The zero-order valence-electron chi connectivity index (χ0n) is 11.8. The molecule has 0 heterocycles. The molecule has 0 saturated heterocycles. The van der Waals surface area contributed by atoms with Crippen LogP contribution in [0.5, 0.6) is 5.75 Å². The van der Waals surface area contributed by atoms with Gasteiger partial charge in [0.25, 0.3) is 0 Å². The van der Waals surface area contributed by atoms with Crippen LogP contribution in [0, 0.1) is 19.7 Å². The summed E-state index contributed by atoms with van der Waals surface area (Å²) in [6, 6.07) is 9.07. The fourth-order valence-corrected chi connectivity index (χ4v) is 2.73. The highest BCUT2D eigenvalue weighted by atomic mass is 32.2. The molecule has 0 aromatic heterocycles. The fourth-order valence-electron chi connectivity index (χ4n) is 2.05. The lowest BCUT2D eigenvalue weighted by molar-refractivity contribution is 0.295. The lowest BCUT2D eigenvalue weighted by atomic mass is 10.0. The summed E-state index contributed by atoms with van der Waals surface area (Å²) in [5, 5.41) is 5.08. The van der Waals surface area contributed by atoms with Gasteiger partial charge in [0.1, 0.15) is 23.1 Å². The summed E-state index contributed by atoms with van der Waals surface area (Å²) in [4.78, 5) is -0.353. The number of aryl methyl sites for hydroxylation is 2. The molecule has 0 aliphatic rings. The van der Waals surface area contributed by atoms with Crippen molar-refractivity contribution in [2.75, 3.05) is 0 Å². The van der Waals surface area contributed by atoms with Crippen molar-refractivity contribution in [1.29, 1.82) is 0 Å². The summed E-state index contributed by atoms with van der Waals surface area (Å²) in [5.41, 5.74) is 3.03. The zero-order valence-corrected chi connectivity index (χ0v) is 12.6. The summed E-state index contributed by atoms with van der Waals surface area (Å²) in [6.45, 7) is 4.07. The quantitative estimate of drug-likeness (QED) is 0.944. The van der Waals surface area contributed by atoms with Crippen LogP contribution in [-0.4, -0.2) is 8.42 Å². The first kappa shape index (κ1) is 15.5. The second kappa shape index (κ2) is 5.83. The summed E-state index contributed by atoms with van der Waals surface area (Å²) in [7, 11) is -4.05. The molecular weight excluding hydrogens is 293 g/mol. The topological polar surface area (TPSA) is 69.4 Å². The molecule has 2 N–H and O–H groups in total. The molecule has 0 saturated carbocycles. The number of nitrogens with two attached hydrogens (primary N) is 1. The minimum atomic E-state index is -4.05. The largest absolute Gasteiger partial charge is 0.487 e. The second-order valence-corrected chi connectivity index (χ2v) is 6.32. The lowest BCUT2D eigenvalue weighted by Crippen LogP contribution is -2.14. The SMILES string of the molecule is Cc1cccc(C)c1COc1ccc(F)cc1S(N)(=O)=O. The minimum absolute atomic E-state index is 0.0431. The van der Waals surface area contributed by atoms with Crippen molar-refractivity contribution in [3.8, 4) is 5.75 Å². The van der Waals surface area contributed by atoms with Crippen molar-refractivity contribution < 1.29 is 17.5 Å². The van der Waals surface area contributed by atoms with Crippen LogP contribution in [0.25, 0.3) is 0 Å². The van der Waals surface area contributed by atoms with Gasteiger partial charge in [-0.3, -0.25) is 0 Å². The van der Waals surface area contributed by atoms with Gasteiger partial charge in [0.2, 0.25) is 10.0 Å². The van der Waals surface area contributed by atoms with Crippen LogP contribution in [-0.2, 0) is 16.6 Å². The number of rotatable bonds is 4. The Morgan fingerprint density at radius 2 is 1.76 bits per heavy atom. The Morgan fingerprint density at radius 3 is 2.33 bits per heavy atom. The Hall–Kier alpha value is -1.92. The van der Waals surface area contributed by atoms with Gasteiger partial charge in [-0.2, -0.15) is 0 Å². The van der Waals surface area contributed by atoms with Crippen LogP contribution < -0.4 is 9.88 Å². The molecule has 0 aliphatic carbocycles. The molecule has 0 fully saturated rings. The molecule has 0 amide bonds. The Bertz CT molecular complexity index is 752. The van der Waals surface area contributed by atoms with Crippen molar-refractivity contribution in [3.05, 3.63) is 58.9 Å². The molecule has 0 unspecified atom stereocenters. The summed E-state index contributed by atoms with van der Waals surface area (Å²) in [6.07, 6.45) is 0. The average molecular weight is 309 g/mol. The van der Waals surface area contributed by atoms with Crippen molar-refractivity contribution in [3.63, 3.8) is 0 Å². The van der Waals surface area contributed by atoms with Crippen LogP contribution in [0.4, 0.5) is 4.39 Å². The van der Waals surface area contributed by atoms with E-state index in [1.807, 2.05) is 32.0 Å². The summed E-state index contributed by atoms with van der Waals surface area (Å²) >= 11 is 0. The van der Waals surface area contributed by atoms with Crippen LogP contribution in [0.2, 0.25) is 0 Å². The van der Waals surface area contributed by atoms with E-state index >= 15 is 0 Å². The van der Waals surface area contributed by atoms with E-state index in [4.69, 9.17) is 9.88 Å². The van der Waals surface area contributed by atoms with E-state index in [1.165, 1.54) is 6.07 Å². The molecule has 0 bridgehead atoms. The van der Waals surface area contributed by atoms with Crippen LogP contribution in [0.15, 0.2) is 41.3 Å². The molecule has 21 heavy (non-hydrogen) atoms. The first-order chi connectivity index (χ1) is 9.79. The maximum atomic E-state index is 13.2. The van der Waals surface area contributed by atoms with Crippen molar-refractivity contribution in [2.24, 2.45) is 5.14 Å². The molecule has 2 aromatic carbocycles. The predicted octanol–water partition coefficient (Wildman–Crippen LogP) is 2.67. The Kier molecular flexibility index (Phi) is 4.29. The third-order valence-electron chi connectivity index (χ3n) is 3.23. The highest BCUT2D eigenvalue weighted by molar-refractivity contribution is 7.89. The van der Waals surface area contributed by atoms with Gasteiger partial charge < -0.3 is 4.74 Å². The van der Waals surface area contributed by atoms with E-state index in [-0.39, 0.29) is 17.3 Å². The van der Waals surface area contributed by atoms with Gasteiger partial charge in [0.15, 0.2) is 0 Å². The highest BCUT2D eigenvalue weighted by Gasteiger charge is 2.17. The Balaban J connectivity index is 2.33. The molecule has 0 aliphatic heterocycles. The molecule has 4 nitrogen and oxygen atoms in total. The maximum absolute atomic E-state index is 13.2. The Morgan fingerprint density at radius 1 is 1.14 bits per heavy atom. The maximum Gasteiger partial charge on any atom is 0.241 e. The fraction of sp³-hybridized carbons (Fsp3) is 0.200. The summed E-state index contributed by atoms with van der Waals surface area (Å²) in [5.74, 6) is -0.639. The van der Waals surface area contributed by atoms with E-state index < -0.39 is 15.8 Å². The highest BCUT2D eigenvalue weighted by Crippen LogP contribution is 2.25. The van der Waals surface area contributed by atoms with Crippen LogP contribution in [0.1, 0.15) is 16.7 Å². The molecule has 0 spiro atoms. The Labute approximate surface area is 123 Å². The number of halogens is 1. The van der Waals surface area contributed by atoms with Crippen LogP contribution >= 0.6 is 0 Å². The summed E-state index contributed by atoms with van der Waals surface area (Å²) < 4.78 is 41.7. The third-order valence-corrected chi connectivity index (χ3v) is 4.16. The number of hydrogen-bond acceptors (Lipinski definition) is 3. The zero-order chi connectivity index (χ0) is 15.6. The van der Waals surface area contributed by atoms with E-state index in [9.17, 15) is 12.8 Å². The molecule has 2 rings (SSSR count). The second-order valence-electron chi connectivity index (χ2n) is 4.80. The van der Waals surface area contributed by atoms with Gasteiger partial charge in [-0.1, -0.05) is 18.2 Å². The monoisotopic (exact) mass is 309 g/mol. The van der Waals surface area contributed by atoms with Crippen molar-refractivity contribution in [2.45, 2.75) is 25.3 Å². The van der Waals surface area contributed by atoms with E-state index in [0.29, 0.717) is 0 Å². The van der Waals surface area contributed by atoms with Gasteiger partial charge in [0.05, 0.1) is 0 Å². The predicted molar refractivity (Wildman–Crippen MR) is 78.0 cm³/mol. The lowest BCUT2D eigenvalue weighted by Gasteiger charge is -2.13. The van der Waals surface area contributed by atoms with Gasteiger partial charge in [-0.15, -0.1) is 0 Å². The van der Waals surface area contributed by atoms with E-state index in [1.54, 1.807) is 0 Å². The first-order valence-electron chi connectivity index (χ1n) is 6.29. The van der Waals surface area contributed by atoms with Crippen LogP contribution in [0.3, 0.4) is 0 Å². The van der Waals surface area contributed by atoms with Gasteiger partial charge >= 0.3 is 0 Å². The molecule has 6 heteroatoms. The minimum Gasteiger partial charge on any atom is -0.487 e. The van der Waals surface area contributed by atoms with Crippen molar-refractivity contribution >= 4 is 10.0 Å². The molecule has 0 atom stereocenters. The third kappa shape index (κ3) is 3.59. The number of primary sulfonamides is 1. The molecular formula is C15H16FNO3S. The van der Waals surface area contributed by atoms with Gasteiger partial charge in [0, 0.05) is 0 Å². The molecule has 112 valence electrons. The van der Waals surface area contributed by atoms with Gasteiger partial charge in [-0.25, -0.2) is 17.9 Å². The number of benzene rings is 2. The number of sulfonamides is 1. The normalized spacial score (nSPS) is 11.4. The number of hydrogen-bond donors (Lipinski definition) is 1. The molecule has 2 aromatic rings. The van der Waals surface area contributed by atoms with E-state index in [0.717, 1.165) is 28.8 Å².